The highest BCUT2D eigenvalue weighted by Gasteiger charge is 2.24. The quantitative estimate of drug-likeness (QED) is 0.886. The maximum Gasteiger partial charge on any atom is 0.223 e. The Labute approximate surface area is 128 Å². The summed E-state index contributed by atoms with van der Waals surface area (Å²) < 4.78 is 0. The van der Waals surface area contributed by atoms with Crippen molar-refractivity contribution in [2.75, 3.05) is 43.4 Å². The molecule has 3 heterocycles. The average Bonchev–Trinajstić information content (AvgIpc) is 2.85. The molecule has 6 nitrogen and oxygen atoms in total. The van der Waals surface area contributed by atoms with Gasteiger partial charge in [-0.1, -0.05) is 0 Å². The van der Waals surface area contributed by atoms with E-state index >= 15 is 0 Å². The summed E-state index contributed by atoms with van der Waals surface area (Å²) in [6, 6.07) is 2.05. The molecule has 0 aromatic carbocycles. The zero-order chi connectivity index (χ0) is 15.0. The number of thiophene rings is 1. The lowest BCUT2D eigenvalue weighted by Gasteiger charge is -2.38. The second-order valence-electron chi connectivity index (χ2n) is 6.12. The minimum absolute atomic E-state index is 0.332. The highest BCUT2D eigenvalue weighted by Crippen LogP contribution is 2.29. The van der Waals surface area contributed by atoms with Crippen molar-refractivity contribution >= 4 is 33.3 Å². The molecule has 0 radical (unpaired) electrons. The molecule has 0 amide bonds. The lowest BCUT2D eigenvalue weighted by Crippen LogP contribution is -2.50. The molecule has 21 heavy (non-hydrogen) atoms. The van der Waals surface area contributed by atoms with Crippen LogP contribution in [-0.2, 0) is 0 Å². The molecule has 0 spiro atoms. The van der Waals surface area contributed by atoms with Crippen molar-refractivity contribution in [1.29, 1.82) is 0 Å². The first-order valence-electron chi connectivity index (χ1n) is 7.13. The number of aromatic nitrogens is 2. The van der Waals surface area contributed by atoms with E-state index in [2.05, 4.69) is 25.8 Å². The van der Waals surface area contributed by atoms with Crippen molar-refractivity contribution in [2.24, 2.45) is 0 Å². The first-order valence-corrected chi connectivity index (χ1v) is 8.01. The molecule has 0 bridgehead atoms. The Morgan fingerprint density at radius 1 is 1.29 bits per heavy atom. The maximum absolute atomic E-state index is 9.91. The van der Waals surface area contributed by atoms with Gasteiger partial charge in [-0.3, -0.25) is 4.90 Å². The molecule has 1 saturated heterocycles. The number of nitrogens with zero attached hydrogens (tertiary/aromatic N) is 4. The molecule has 1 fully saturated rings. The lowest BCUT2D eigenvalue weighted by atomic mass is 10.1. The zero-order valence-corrected chi connectivity index (χ0v) is 13.2. The number of anilines is 2. The summed E-state index contributed by atoms with van der Waals surface area (Å²) in [7, 11) is 0. The SMILES string of the molecule is CC(C)(O)CN1CCN(c2nc(N)nc3sccc23)CC1. The van der Waals surface area contributed by atoms with Crippen LogP contribution in [0.25, 0.3) is 10.2 Å². The Kier molecular flexibility index (Phi) is 3.73. The molecular formula is C14H21N5OS. The average molecular weight is 307 g/mol. The van der Waals surface area contributed by atoms with E-state index in [0.717, 1.165) is 42.2 Å². The van der Waals surface area contributed by atoms with Gasteiger partial charge in [0.05, 0.1) is 11.0 Å². The fourth-order valence-electron chi connectivity index (χ4n) is 2.76. The molecule has 7 heteroatoms. The third-order valence-corrected chi connectivity index (χ3v) is 4.41. The molecular weight excluding hydrogens is 286 g/mol. The highest BCUT2D eigenvalue weighted by atomic mass is 32.1. The van der Waals surface area contributed by atoms with Crippen LogP contribution >= 0.6 is 11.3 Å². The smallest absolute Gasteiger partial charge is 0.223 e. The van der Waals surface area contributed by atoms with Crippen molar-refractivity contribution in [1.82, 2.24) is 14.9 Å². The van der Waals surface area contributed by atoms with Crippen molar-refractivity contribution in [3.63, 3.8) is 0 Å². The second kappa shape index (κ2) is 5.40. The van der Waals surface area contributed by atoms with Gasteiger partial charge in [0.1, 0.15) is 10.6 Å². The van der Waals surface area contributed by atoms with E-state index in [9.17, 15) is 5.11 Å². The van der Waals surface area contributed by atoms with E-state index in [0.29, 0.717) is 12.5 Å². The van der Waals surface area contributed by atoms with Gasteiger partial charge >= 0.3 is 0 Å². The van der Waals surface area contributed by atoms with E-state index in [1.54, 1.807) is 11.3 Å². The number of piperazine rings is 1. The van der Waals surface area contributed by atoms with E-state index in [1.165, 1.54) is 0 Å². The topological polar surface area (TPSA) is 78.5 Å². The first-order chi connectivity index (χ1) is 9.92. The predicted molar refractivity (Wildman–Crippen MR) is 86.8 cm³/mol. The number of fused-ring (bicyclic) bond motifs is 1. The zero-order valence-electron chi connectivity index (χ0n) is 12.4. The number of nitrogen functional groups attached to an aromatic ring is 1. The van der Waals surface area contributed by atoms with Crippen LogP contribution < -0.4 is 10.6 Å². The van der Waals surface area contributed by atoms with Crippen LogP contribution in [-0.4, -0.2) is 58.3 Å². The summed E-state index contributed by atoms with van der Waals surface area (Å²) in [6.07, 6.45) is 0. The number of nitrogens with two attached hydrogens (primary N) is 1. The number of β-amino-alcohol motifs (C(OH)–C–C–N with tert-alkyl or cyclic N) is 1. The van der Waals surface area contributed by atoms with Crippen molar-refractivity contribution in [3.8, 4) is 0 Å². The fraction of sp³-hybridized carbons (Fsp3) is 0.571. The summed E-state index contributed by atoms with van der Waals surface area (Å²) in [4.78, 5) is 14.2. The maximum atomic E-state index is 9.91. The molecule has 2 aromatic heterocycles. The monoisotopic (exact) mass is 307 g/mol. The molecule has 1 aliphatic heterocycles. The highest BCUT2D eigenvalue weighted by molar-refractivity contribution is 7.16. The fourth-order valence-corrected chi connectivity index (χ4v) is 3.53. The third-order valence-electron chi connectivity index (χ3n) is 3.60. The van der Waals surface area contributed by atoms with Gasteiger partial charge in [0.2, 0.25) is 5.95 Å². The molecule has 3 rings (SSSR count). The summed E-state index contributed by atoms with van der Waals surface area (Å²) in [5, 5.41) is 13.0. The predicted octanol–water partition coefficient (Wildman–Crippen LogP) is 1.17. The van der Waals surface area contributed by atoms with Gasteiger partial charge in [0, 0.05) is 32.7 Å². The molecule has 2 aromatic rings. The molecule has 114 valence electrons. The Morgan fingerprint density at radius 3 is 2.67 bits per heavy atom. The van der Waals surface area contributed by atoms with E-state index < -0.39 is 5.60 Å². The Balaban J connectivity index is 1.75. The minimum atomic E-state index is -0.651. The Hall–Kier alpha value is -1.44. The molecule has 0 saturated carbocycles. The lowest BCUT2D eigenvalue weighted by molar-refractivity contribution is 0.0345. The van der Waals surface area contributed by atoms with Crippen LogP contribution in [0.5, 0.6) is 0 Å². The molecule has 1 aliphatic rings. The normalized spacial score (nSPS) is 17.6. The number of hydrogen-bond acceptors (Lipinski definition) is 7. The van der Waals surface area contributed by atoms with Gasteiger partial charge < -0.3 is 15.7 Å². The summed E-state index contributed by atoms with van der Waals surface area (Å²) in [6.45, 7) is 7.99. The van der Waals surface area contributed by atoms with E-state index in [-0.39, 0.29) is 0 Å². The van der Waals surface area contributed by atoms with Gasteiger partial charge in [-0.25, -0.2) is 4.98 Å². The second-order valence-corrected chi connectivity index (χ2v) is 7.02. The third kappa shape index (κ3) is 3.25. The van der Waals surface area contributed by atoms with Crippen molar-refractivity contribution < 1.29 is 5.11 Å². The minimum Gasteiger partial charge on any atom is -0.389 e. The van der Waals surface area contributed by atoms with Gasteiger partial charge in [-0.15, -0.1) is 11.3 Å². The van der Waals surface area contributed by atoms with Gasteiger partial charge in [-0.2, -0.15) is 4.98 Å². The van der Waals surface area contributed by atoms with Crippen LogP contribution in [0.15, 0.2) is 11.4 Å². The number of rotatable bonds is 3. The first kappa shape index (κ1) is 14.5. The molecule has 3 N–H and O–H groups in total. The van der Waals surface area contributed by atoms with Crippen LogP contribution in [0.2, 0.25) is 0 Å². The van der Waals surface area contributed by atoms with E-state index in [4.69, 9.17) is 5.73 Å². The summed E-state index contributed by atoms with van der Waals surface area (Å²) in [5.74, 6) is 1.26. The summed E-state index contributed by atoms with van der Waals surface area (Å²) >= 11 is 1.59. The Morgan fingerprint density at radius 2 is 2.00 bits per heavy atom. The van der Waals surface area contributed by atoms with Gasteiger partial charge in [0.25, 0.3) is 0 Å². The number of aliphatic hydroxyl groups is 1. The van der Waals surface area contributed by atoms with Crippen LogP contribution in [0.1, 0.15) is 13.8 Å². The van der Waals surface area contributed by atoms with Crippen LogP contribution in [0.4, 0.5) is 11.8 Å². The van der Waals surface area contributed by atoms with Crippen LogP contribution in [0, 0.1) is 0 Å². The largest absolute Gasteiger partial charge is 0.389 e. The molecule has 0 unspecified atom stereocenters. The van der Waals surface area contributed by atoms with Crippen LogP contribution in [0.3, 0.4) is 0 Å². The molecule has 0 atom stereocenters. The standard InChI is InChI=1S/C14H21N5OS/c1-14(2,20)9-18-4-6-19(7-5-18)11-10-3-8-21-12(10)17-13(15)16-11/h3,8,20H,4-7,9H2,1-2H3,(H2,15,16,17). The summed E-state index contributed by atoms with van der Waals surface area (Å²) in [5.41, 5.74) is 5.16. The number of hydrogen-bond donors (Lipinski definition) is 2. The van der Waals surface area contributed by atoms with Crippen molar-refractivity contribution in [2.45, 2.75) is 19.4 Å². The van der Waals surface area contributed by atoms with Gasteiger partial charge in [-0.05, 0) is 25.3 Å². The Bertz CT molecular complexity index is 628. The van der Waals surface area contributed by atoms with Crippen molar-refractivity contribution in [3.05, 3.63) is 11.4 Å². The van der Waals surface area contributed by atoms with Gasteiger partial charge in [0.15, 0.2) is 0 Å². The van der Waals surface area contributed by atoms with E-state index in [1.807, 2.05) is 19.2 Å². The molecule has 0 aliphatic carbocycles.